The van der Waals surface area contributed by atoms with Crippen LogP contribution in [0.3, 0.4) is 0 Å². The molecule has 1 N–H and O–H groups in total. The summed E-state index contributed by atoms with van der Waals surface area (Å²) < 4.78 is 3.18. The first-order chi connectivity index (χ1) is 9.54. The predicted molar refractivity (Wildman–Crippen MR) is 87.3 cm³/mol. The van der Waals surface area contributed by atoms with Crippen molar-refractivity contribution < 1.29 is 4.79 Å². The average Bonchev–Trinajstić information content (AvgIpc) is 2.77. The van der Waals surface area contributed by atoms with Crippen molar-refractivity contribution in [2.75, 3.05) is 6.54 Å². The maximum Gasteiger partial charge on any atom is 0.253 e. The number of aromatic nitrogens is 1. The van der Waals surface area contributed by atoms with Crippen LogP contribution in [-0.2, 0) is 0 Å². The molecule has 20 heavy (non-hydrogen) atoms. The molecule has 108 valence electrons. The van der Waals surface area contributed by atoms with Crippen molar-refractivity contribution in [1.82, 2.24) is 9.88 Å². The van der Waals surface area contributed by atoms with Crippen molar-refractivity contribution in [2.45, 2.75) is 39.7 Å². The van der Waals surface area contributed by atoms with Crippen LogP contribution in [-0.4, -0.2) is 17.0 Å². The van der Waals surface area contributed by atoms with Gasteiger partial charge in [-0.1, -0.05) is 35.3 Å². The van der Waals surface area contributed by atoms with E-state index in [9.17, 15) is 4.79 Å². The number of fused-ring (bicyclic) bond motifs is 1. The van der Waals surface area contributed by atoms with Gasteiger partial charge in [0.05, 0.1) is 11.1 Å². The molecule has 1 heterocycles. The molecule has 0 unspecified atom stereocenters. The third-order valence-corrected chi connectivity index (χ3v) is 3.91. The highest BCUT2D eigenvalue weighted by molar-refractivity contribution is 9.10. The number of hydrogen-bond donors (Lipinski definition) is 1. The van der Waals surface area contributed by atoms with Gasteiger partial charge in [-0.15, -0.1) is 0 Å². The molecular weight excluding hydrogens is 316 g/mol. The normalized spacial score (nSPS) is 11.2. The predicted octanol–water partition coefficient (Wildman–Crippen LogP) is 4.51. The Morgan fingerprint density at radius 3 is 2.80 bits per heavy atom. The van der Waals surface area contributed by atoms with Gasteiger partial charge in [-0.3, -0.25) is 4.79 Å². The molecular formula is C16H21BrN2O. The van der Waals surface area contributed by atoms with Crippen LogP contribution in [0.5, 0.6) is 0 Å². The number of rotatable bonds is 5. The van der Waals surface area contributed by atoms with E-state index < -0.39 is 0 Å². The van der Waals surface area contributed by atoms with Crippen LogP contribution in [0.4, 0.5) is 0 Å². The number of amides is 1. The number of nitrogens with one attached hydrogen (secondary N) is 1. The molecule has 0 bridgehead atoms. The number of carbonyl (C=O) groups excluding carboxylic acids is 1. The molecule has 1 aromatic carbocycles. The summed E-state index contributed by atoms with van der Waals surface area (Å²) in [7, 11) is 0. The van der Waals surface area contributed by atoms with Gasteiger partial charge in [0.15, 0.2) is 0 Å². The maximum absolute atomic E-state index is 12.3. The molecule has 0 atom stereocenters. The summed E-state index contributed by atoms with van der Waals surface area (Å²) in [6.07, 6.45) is 4.06. The van der Waals surface area contributed by atoms with Crippen molar-refractivity contribution >= 4 is 32.7 Å². The lowest BCUT2D eigenvalue weighted by Crippen LogP contribution is -2.24. The highest BCUT2D eigenvalue weighted by Gasteiger charge is 2.16. The van der Waals surface area contributed by atoms with Crippen molar-refractivity contribution in [2.24, 2.45) is 0 Å². The fourth-order valence-corrected chi connectivity index (χ4v) is 2.66. The Kier molecular flexibility index (Phi) is 4.86. The zero-order valence-electron chi connectivity index (χ0n) is 12.2. The zero-order valence-corrected chi connectivity index (χ0v) is 13.8. The van der Waals surface area contributed by atoms with Crippen LogP contribution in [0.2, 0.25) is 0 Å². The number of nitrogens with zero attached hydrogens (tertiary/aromatic N) is 1. The summed E-state index contributed by atoms with van der Waals surface area (Å²) in [5, 5.41) is 4.00. The van der Waals surface area contributed by atoms with E-state index in [1.807, 2.05) is 18.3 Å². The van der Waals surface area contributed by atoms with E-state index in [0.29, 0.717) is 6.04 Å². The van der Waals surface area contributed by atoms with Gasteiger partial charge in [-0.05, 0) is 32.4 Å². The molecule has 0 spiro atoms. The van der Waals surface area contributed by atoms with Crippen LogP contribution in [0.15, 0.2) is 28.9 Å². The second kappa shape index (κ2) is 6.44. The lowest BCUT2D eigenvalue weighted by atomic mass is 10.1. The quantitative estimate of drug-likeness (QED) is 0.800. The summed E-state index contributed by atoms with van der Waals surface area (Å²) in [6.45, 7) is 7.10. The highest BCUT2D eigenvalue weighted by atomic mass is 79.9. The van der Waals surface area contributed by atoms with Gasteiger partial charge in [0.25, 0.3) is 5.91 Å². The Hall–Kier alpha value is -1.29. The fourth-order valence-electron chi connectivity index (χ4n) is 2.31. The number of hydrogen-bond acceptors (Lipinski definition) is 1. The third kappa shape index (κ3) is 3.06. The van der Waals surface area contributed by atoms with Gasteiger partial charge >= 0.3 is 0 Å². The Morgan fingerprint density at radius 1 is 1.40 bits per heavy atom. The van der Waals surface area contributed by atoms with Crippen LogP contribution < -0.4 is 5.32 Å². The van der Waals surface area contributed by atoms with Gasteiger partial charge in [0.2, 0.25) is 0 Å². The molecule has 0 aliphatic heterocycles. The molecule has 1 aromatic heterocycles. The molecule has 0 radical (unpaired) electrons. The van der Waals surface area contributed by atoms with E-state index in [0.717, 1.165) is 40.3 Å². The maximum atomic E-state index is 12.3. The minimum atomic E-state index is 0.0187. The van der Waals surface area contributed by atoms with Gasteiger partial charge in [0, 0.05) is 28.6 Å². The summed E-state index contributed by atoms with van der Waals surface area (Å²) in [5.41, 5.74) is 1.85. The van der Waals surface area contributed by atoms with E-state index in [1.54, 1.807) is 0 Å². The molecule has 4 heteroatoms. The van der Waals surface area contributed by atoms with Crippen molar-refractivity contribution in [3.63, 3.8) is 0 Å². The Balaban J connectivity index is 2.41. The second-order valence-corrected chi connectivity index (χ2v) is 6.23. The van der Waals surface area contributed by atoms with Gasteiger partial charge < -0.3 is 9.88 Å². The molecule has 0 aliphatic carbocycles. The van der Waals surface area contributed by atoms with E-state index >= 15 is 0 Å². The summed E-state index contributed by atoms with van der Waals surface area (Å²) in [6, 6.07) is 6.38. The van der Waals surface area contributed by atoms with Crippen molar-refractivity contribution in [1.29, 1.82) is 0 Å². The van der Waals surface area contributed by atoms with Crippen LogP contribution >= 0.6 is 15.9 Å². The zero-order chi connectivity index (χ0) is 14.7. The number of unbranched alkanes of at least 4 members (excludes halogenated alkanes) is 1. The number of halogens is 1. The van der Waals surface area contributed by atoms with E-state index in [1.165, 1.54) is 0 Å². The van der Waals surface area contributed by atoms with Crippen LogP contribution in [0.25, 0.3) is 10.9 Å². The van der Waals surface area contributed by atoms with E-state index in [2.05, 4.69) is 52.7 Å². The van der Waals surface area contributed by atoms with Gasteiger partial charge in [-0.2, -0.15) is 0 Å². The summed E-state index contributed by atoms with van der Waals surface area (Å²) in [4.78, 5) is 12.3. The highest BCUT2D eigenvalue weighted by Crippen LogP contribution is 2.27. The van der Waals surface area contributed by atoms with Crippen molar-refractivity contribution in [3.8, 4) is 0 Å². The number of carbonyl (C=O) groups is 1. The van der Waals surface area contributed by atoms with Crippen LogP contribution in [0, 0.1) is 0 Å². The minimum Gasteiger partial charge on any atom is -0.352 e. The first kappa shape index (κ1) is 15.1. The molecule has 2 aromatic rings. The molecule has 0 saturated heterocycles. The second-order valence-electron chi connectivity index (χ2n) is 5.31. The lowest BCUT2D eigenvalue weighted by Gasteiger charge is -2.08. The first-order valence-electron chi connectivity index (χ1n) is 7.13. The third-order valence-electron chi connectivity index (χ3n) is 3.41. The molecule has 2 rings (SSSR count). The molecule has 3 nitrogen and oxygen atoms in total. The van der Waals surface area contributed by atoms with E-state index in [-0.39, 0.29) is 5.91 Å². The van der Waals surface area contributed by atoms with Crippen LogP contribution in [0.1, 0.15) is 50.0 Å². The topological polar surface area (TPSA) is 34.0 Å². The largest absolute Gasteiger partial charge is 0.352 e. The standard InChI is InChI=1S/C16H21BrN2O/c1-4-5-8-18-16(20)14-10-19(11(2)3)15-9-12(17)6-7-13(14)15/h6-7,9-11H,4-5,8H2,1-3H3,(H,18,20). The Labute approximate surface area is 128 Å². The molecule has 1 amide bonds. The smallest absolute Gasteiger partial charge is 0.253 e. The van der Waals surface area contributed by atoms with Gasteiger partial charge in [-0.25, -0.2) is 0 Å². The SMILES string of the molecule is CCCCNC(=O)c1cn(C(C)C)c2cc(Br)ccc12. The van der Waals surface area contributed by atoms with Gasteiger partial charge in [0.1, 0.15) is 0 Å². The average molecular weight is 337 g/mol. The Morgan fingerprint density at radius 2 is 2.15 bits per heavy atom. The molecule has 0 saturated carbocycles. The Bertz CT molecular complexity index is 616. The monoisotopic (exact) mass is 336 g/mol. The lowest BCUT2D eigenvalue weighted by molar-refractivity contribution is 0.0954. The molecule has 0 fully saturated rings. The first-order valence-corrected chi connectivity index (χ1v) is 7.92. The fraction of sp³-hybridized carbons (Fsp3) is 0.438. The number of benzene rings is 1. The minimum absolute atomic E-state index is 0.0187. The summed E-state index contributed by atoms with van der Waals surface area (Å²) in [5.74, 6) is 0.0187. The summed E-state index contributed by atoms with van der Waals surface area (Å²) >= 11 is 3.50. The van der Waals surface area contributed by atoms with E-state index in [4.69, 9.17) is 0 Å². The van der Waals surface area contributed by atoms with Crippen molar-refractivity contribution in [3.05, 3.63) is 34.4 Å². The molecule has 0 aliphatic rings.